The maximum absolute atomic E-state index is 10.4. The Balaban J connectivity index is 3.16. The summed E-state index contributed by atoms with van der Waals surface area (Å²) < 4.78 is 20.9. The number of primary sulfonamides is 1. The van der Waals surface area contributed by atoms with E-state index in [0.29, 0.717) is 6.42 Å². The van der Waals surface area contributed by atoms with Crippen molar-refractivity contribution in [2.75, 3.05) is 11.5 Å². The van der Waals surface area contributed by atoms with Crippen molar-refractivity contribution >= 4 is 22.7 Å². The van der Waals surface area contributed by atoms with Crippen molar-refractivity contribution in [2.24, 2.45) is 5.14 Å². The average Bonchev–Trinajstić information content (AvgIpc) is 1.85. The van der Waals surface area contributed by atoms with E-state index in [1.165, 1.54) is 0 Å². The number of sulfonamides is 1. The van der Waals surface area contributed by atoms with Crippen molar-refractivity contribution in [3.8, 4) is 0 Å². The molecule has 0 unspecified atom stereocenters. The van der Waals surface area contributed by atoms with Crippen LogP contribution in [0, 0.1) is 0 Å². The molecule has 0 aromatic rings. The molecule has 0 aromatic carbocycles. The molecule has 0 aliphatic heterocycles. The second-order valence-electron chi connectivity index (χ2n) is 2.50. The third-order valence-electron chi connectivity index (χ3n) is 1.34. The van der Waals surface area contributed by atoms with Gasteiger partial charge in [0.25, 0.3) is 0 Å². The summed E-state index contributed by atoms with van der Waals surface area (Å²) >= 11 is 4.04. The lowest BCUT2D eigenvalue weighted by atomic mass is 10.2. The number of rotatable bonds is 6. The maximum atomic E-state index is 10.4. The van der Waals surface area contributed by atoms with Gasteiger partial charge in [-0.25, -0.2) is 13.6 Å². The molecule has 3 nitrogen and oxygen atoms in total. The lowest BCUT2D eigenvalue weighted by Gasteiger charge is -1.97. The standard InChI is InChI=1S/C6H15NO2S2/c7-11(8,9)6-4-2-1-3-5-10/h10H,1-6H2,(H2,7,8,9). The Morgan fingerprint density at radius 1 is 1.09 bits per heavy atom. The first-order valence-electron chi connectivity index (χ1n) is 3.67. The summed E-state index contributed by atoms with van der Waals surface area (Å²) in [6.07, 6.45) is 3.69. The molecule has 0 aromatic heterocycles. The van der Waals surface area contributed by atoms with Crippen molar-refractivity contribution in [1.29, 1.82) is 0 Å². The molecule has 68 valence electrons. The molecule has 0 aliphatic rings. The lowest BCUT2D eigenvalue weighted by molar-refractivity contribution is 0.591. The van der Waals surface area contributed by atoms with Gasteiger partial charge in [0, 0.05) is 0 Å². The minimum atomic E-state index is -3.23. The quantitative estimate of drug-likeness (QED) is 0.488. The zero-order chi connectivity index (χ0) is 8.74. The average molecular weight is 197 g/mol. The van der Waals surface area contributed by atoms with Crippen LogP contribution in [0.15, 0.2) is 0 Å². The monoisotopic (exact) mass is 197 g/mol. The first-order valence-corrected chi connectivity index (χ1v) is 6.02. The molecular formula is C6H15NO2S2. The van der Waals surface area contributed by atoms with Crippen LogP contribution in [0.4, 0.5) is 0 Å². The predicted octanol–water partition coefficient (Wildman–Crippen LogP) is 0.765. The topological polar surface area (TPSA) is 60.2 Å². The number of hydrogen-bond donors (Lipinski definition) is 2. The van der Waals surface area contributed by atoms with Crippen molar-refractivity contribution in [2.45, 2.75) is 25.7 Å². The van der Waals surface area contributed by atoms with Gasteiger partial charge < -0.3 is 0 Å². The molecule has 0 amide bonds. The van der Waals surface area contributed by atoms with E-state index < -0.39 is 10.0 Å². The van der Waals surface area contributed by atoms with Crippen LogP contribution >= 0.6 is 12.6 Å². The van der Waals surface area contributed by atoms with E-state index in [1.54, 1.807) is 0 Å². The number of nitrogens with two attached hydrogens (primary N) is 1. The molecule has 0 rings (SSSR count). The summed E-state index contributed by atoms with van der Waals surface area (Å²) in [7, 11) is -3.23. The Bertz CT molecular complexity index is 177. The van der Waals surface area contributed by atoms with Gasteiger partial charge in [-0.2, -0.15) is 12.6 Å². The Kier molecular flexibility index (Phi) is 5.99. The zero-order valence-electron chi connectivity index (χ0n) is 6.49. The van der Waals surface area contributed by atoms with E-state index in [0.717, 1.165) is 25.0 Å². The van der Waals surface area contributed by atoms with Crippen LogP contribution in [0.2, 0.25) is 0 Å². The van der Waals surface area contributed by atoms with Gasteiger partial charge in [-0.05, 0) is 18.6 Å². The number of unbranched alkanes of at least 4 members (excludes halogenated alkanes) is 3. The van der Waals surface area contributed by atoms with Gasteiger partial charge in [-0.3, -0.25) is 0 Å². The molecule has 0 spiro atoms. The predicted molar refractivity (Wildman–Crippen MR) is 50.3 cm³/mol. The van der Waals surface area contributed by atoms with E-state index in [4.69, 9.17) is 5.14 Å². The molecule has 0 heterocycles. The van der Waals surface area contributed by atoms with Crippen molar-refractivity contribution in [1.82, 2.24) is 0 Å². The minimum absolute atomic E-state index is 0.111. The summed E-state index contributed by atoms with van der Waals surface area (Å²) in [6.45, 7) is 0. The van der Waals surface area contributed by atoms with Crippen LogP contribution in [-0.4, -0.2) is 19.9 Å². The highest BCUT2D eigenvalue weighted by molar-refractivity contribution is 7.89. The van der Waals surface area contributed by atoms with Gasteiger partial charge in [0.2, 0.25) is 10.0 Å². The molecule has 2 N–H and O–H groups in total. The molecule has 11 heavy (non-hydrogen) atoms. The van der Waals surface area contributed by atoms with E-state index in [9.17, 15) is 8.42 Å². The molecule has 0 fully saturated rings. The van der Waals surface area contributed by atoms with Gasteiger partial charge in [0.15, 0.2) is 0 Å². The Morgan fingerprint density at radius 2 is 1.64 bits per heavy atom. The van der Waals surface area contributed by atoms with Gasteiger partial charge >= 0.3 is 0 Å². The van der Waals surface area contributed by atoms with E-state index in [1.807, 2.05) is 0 Å². The summed E-state index contributed by atoms with van der Waals surface area (Å²) in [5, 5.41) is 4.81. The fourth-order valence-electron chi connectivity index (χ4n) is 0.769. The number of thiol groups is 1. The van der Waals surface area contributed by atoms with Crippen molar-refractivity contribution < 1.29 is 8.42 Å². The molecule has 0 radical (unpaired) electrons. The normalized spacial score (nSPS) is 11.8. The first-order chi connectivity index (χ1) is 5.06. The number of hydrogen-bond acceptors (Lipinski definition) is 3. The van der Waals surface area contributed by atoms with Crippen LogP contribution in [0.3, 0.4) is 0 Å². The first kappa shape index (κ1) is 11.3. The smallest absolute Gasteiger partial charge is 0.209 e. The van der Waals surface area contributed by atoms with Gasteiger partial charge in [-0.15, -0.1) is 0 Å². The summed E-state index contributed by atoms with van der Waals surface area (Å²) in [5.74, 6) is 0.981. The highest BCUT2D eigenvalue weighted by Gasteiger charge is 2.00. The molecule has 0 atom stereocenters. The third-order valence-corrected chi connectivity index (χ3v) is 2.51. The third kappa shape index (κ3) is 10.3. The Labute approximate surface area is 73.8 Å². The highest BCUT2D eigenvalue weighted by Crippen LogP contribution is 2.01. The molecular weight excluding hydrogens is 182 g/mol. The molecule has 5 heteroatoms. The van der Waals surface area contributed by atoms with E-state index >= 15 is 0 Å². The fraction of sp³-hybridized carbons (Fsp3) is 1.00. The van der Waals surface area contributed by atoms with Gasteiger partial charge in [0.05, 0.1) is 5.75 Å². The van der Waals surface area contributed by atoms with Gasteiger partial charge in [-0.1, -0.05) is 12.8 Å². The summed E-state index contributed by atoms with van der Waals surface area (Å²) in [5.41, 5.74) is 0. The lowest BCUT2D eigenvalue weighted by Crippen LogP contribution is -2.16. The summed E-state index contributed by atoms with van der Waals surface area (Å²) in [6, 6.07) is 0. The molecule has 0 saturated heterocycles. The van der Waals surface area contributed by atoms with E-state index in [-0.39, 0.29) is 5.75 Å². The van der Waals surface area contributed by atoms with Crippen LogP contribution in [0.1, 0.15) is 25.7 Å². The van der Waals surface area contributed by atoms with Crippen molar-refractivity contribution in [3.05, 3.63) is 0 Å². The second kappa shape index (κ2) is 5.85. The molecule has 0 saturated carbocycles. The zero-order valence-corrected chi connectivity index (χ0v) is 8.20. The molecule has 0 bridgehead atoms. The Morgan fingerprint density at radius 3 is 2.09 bits per heavy atom. The minimum Gasteiger partial charge on any atom is -0.229 e. The van der Waals surface area contributed by atoms with Crippen molar-refractivity contribution in [3.63, 3.8) is 0 Å². The van der Waals surface area contributed by atoms with Crippen LogP contribution in [0.5, 0.6) is 0 Å². The van der Waals surface area contributed by atoms with Gasteiger partial charge in [0.1, 0.15) is 0 Å². The highest BCUT2D eigenvalue weighted by atomic mass is 32.2. The molecule has 0 aliphatic carbocycles. The maximum Gasteiger partial charge on any atom is 0.209 e. The summed E-state index contributed by atoms with van der Waals surface area (Å²) in [4.78, 5) is 0. The van der Waals surface area contributed by atoms with Crippen LogP contribution < -0.4 is 5.14 Å². The second-order valence-corrected chi connectivity index (χ2v) is 4.69. The van der Waals surface area contributed by atoms with Crippen LogP contribution in [0.25, 0.3) is 0 Å². The van der Waals surface area contributed by atoms with Crippen LogP contribution in [-0.2, 0) is 10.0 Å². The SMILES string of the molecule is NS(=O)(=O)CCCCCCS. The Hall–Kier alpha value is 0.260. The van der Waals surface area contributed by atoms with E-state index in [2.05, 4.69) is 12.6 Å². The fourth-order valence-corrected chi connectivity index (χ4v) is 1.60. The largest absolute Gasteiger partial charge is 0.229 e.